The van der Waals surface area contributed by atoms with E-state index in [2.05, 4.69) is 22.7 Å². The highest BCUT2D eigenvalue weighted by Crippen LogP contribution is 2.18. The van der Waals surface area contributed by atoms with Crippen LogP contribution in [0.1, 0.15) is 26.2 Å². The molecule has 1 fully saturated rings. The van der Waals surface area contributed by atoms with E-state index in [9.17, 15) is 4.79 Å². The normalized spacial score (nSPS) is 16.1. The van der Waals surface area contributed by atoms with E-state index < -0.39 is 0 Å². The van der Waals surface area contributed by atoms with Crippen molar-refractivity contribution in [3.05, 3.63) is 12.4 Å². The quantitative estimate of drug-likeness (QED) is 0.736. The van der Waals surface area contributed by atoms with Gasteiger partial charge in [-0.15, -0.1) is 0 Å². The summed E-state index contributed by atoms with van der Waals surface area (Å²) in [5.74, 6) is 0.0320. The predicted octanol–water partition coefficient (Wildman–Crippen LogP) is 0.999. The fourth-order valence-electron chi connectivity index (χ4n) is 1.82. The lowest BCUT2D eigenvalue weighted by atomic mass is 10.2. The molecule has 1 saturated carbocycles. The van der Waals surface area contributed by atoms with E-state index in [1.807, 2.05) is 6.20 Å². The monoisotopic (exact) mass is 266 g/mol. The summed E-state index contributed by atoms with van der Waals surface area (Å²) in [6.07, 6.45) is 6.75. The Morgan fingerprint density at radius 2 is 2.42 bits per heavy atom. The third kappa shape index (κ3) is 4.90. The van der Waals surface area contributed by atoms with Crippen molar-refractivity contribution < 1.29 is 9.53 Å². The van der Waals surface area contributed by atoms with Crippen molar-refractivity contribution >= 4 is 11.6 Å². The predicted molar refractivity (Wildman–Crippen MR) is 73.0 cm³/mol. The topological polar surface area (TPSA) is 68.2 Å². The van der Waals surface area contributed by atoms with Crippen LogP contribution < -0.4 is 10.6 Å². The van der Waals surface area contributed by atoms with Gasteiger partial charge in [-0.3, -0.25) is 9.48 Å². The first-order valence-corrected chi connectivity index (χ1v) is 6.74. The highest BCUT2D eigenvalue weighted by molar-refractivity contribution is 5.76. The highest BCUT2D eigenvalue weighted by Gasteiger charge is 2.23. The van der Waals surface area contributed by atoms with E-state index in [1.54, 1.807) is 18.0 Å². The van der Waals surface area contributed by atoms with Crippen LogP contribution in [0.25, 0.3) is 0 Å². The van der Waals surface area contributed by atoms with Crippen LogP contribution >= 0.6 is 0 Å². The van der Waals surface area contributed by atoms with Gasteiger partial charge in [0.1, 0.15) is 6.54 Å². The number of carbonyl (C=O) groups excluding carboxylic acids is 1. The Labute approximate surface area is 113 Å². The Morgan fingerprint density at radius 3 is 3.11 bits per heavy atom. The van der Waals surface area contributed by atoms with Crippen LogP contribution in [0.5, 0.6) is 0 Å². The number of amides is 1. The molecule has 1 aliphatic carbocycles. The second-order valence-corrected chi connectivity index (χ2v) is 5.10. The first kappa shape index (κ1) is 13.9. The smallest absolute Gasteiger partial charge is 0.241 e. The number of anilines is 1. The van der Waals surface area contributed by atoms with Crippen molar-refractivity contribution in [1.29, 1.82) is 0 Å². The number of methoxy groups -OCH3 is 1. The molecule has 2 N–H and O–H groups in total. The van der Waals surface area contributed by atoms with E-state index in [0.717, 1.165) is 31.6 Å². The number of hydrogen-bond acceptors (Lipinski definition) is 4. The van der Waals surface area contributed by atoms with Crippen molar-refractivity contribution in [3.8, 4) is 0 Å². The average molecular weight is 266 g/mol. The zero-order valence-corrected chi connectivity index (χ0v) is 11.6. The number of nitrogens with one attached hydrogen (secondary N) is 2. The molecule has 1 aliphatic rings. The van der Waals surface area contributed by atoms with Crippen LogP contribution in [0.15, 0.2) is 12.4 Å². The van der Waals surface area contributed by atoms with Crippen molar-refractivity contribution in [1.82, 2.24) is 15.1 Å². The Morgan fingerprint density at radius 1 is 1.63 bits per heavy atom. The van der Waals surface area contributed by atoms with Crippen molar-refractivity contribution in [3.63, 3.8) is 0 Å². The van der Waals surface area contributed by atoms with Crippen LogP contribution in [-0.2, 0) is 16.1 Å². The van der Waals surface area contributed by atoms with E-state index in [1.165, 1.54) is 0 Å². The summed E-state index contributed by atoms with van der Waals surface area (Å²) in [5, 5.41) is 10.5. The Bertz CT molecular complexity index is 415. The maximum atomic E-state index is 11.6. The minimum atomic E-state index is 0.0320. The number of nitrogens with zero attached hydrogens (tertiary/aromatic N) is 2. The van der Waals surface area contributed by atoms with Gasteiger partial charge in [-0.2, -0.15) is 5.10 Å². The van der Waals surface area contributed by atoms with E-state index >= 15 is 0 Å². The molecule has 2 rings (SSSR count). The van der Waals surface area contributed by atoms with Crippen molar-refractivity contribution in [2.45, 2.75) is 44.8 Å². The number of ether oxygens (including phenoxy) is 1. The third-order valence-electron chi connectivity index (χ3n) is 3.05. The summed E-state index contributed by atoms with van der Waals surface area (Å²) >= 11 is 0. The molecule has 19 heavy (non-hydrogen) atoms. The van der Waals surface area contributed by atoms with Crippen molar-refractivity contribution in [2.24, 2.45) is 0 Å². The zero-order valence-electron chi connectivity index (χ0n) is 11.6. The zero-order chi connectivity index (χ0) is 13.7. The molecule has 0 spiro atoms. The van der Waals surface area contributed by atoms with Gasteiger partial charge >= 0.3 is 0 Å². The fraction of sp³-hybridized carbons (Fsp3) is 0.692. The second kappa shape index (κ2) is 6.56. The fourth-order valence-corrected chi connectivity index (χ4v) is 1.82. The minimum absolute atomic E-state index is 0.0320. The summed E-state index contributed by atoms with van der Waals surface area (Å²) in [6, 6.07) is 0.715. The summed E-state index contributed by atoms with van der Waals surface area (Å²) in [6.45, 7) is 3.10. The Hall–Kier alpha value is -1.56. The van der Waals surface area contributed by atoms with Crippen LogP contribution in [-0.4, -0.2) is 41.5 Å². The molecule has 6 nitrogen and oxygen atoms in total. The molecule has 0 aliphatic heterocycles. The van der Waals surface area contributed by atoms with Gasteiger partial charge in [-0.25, -0.2) is 0 Å². The lowest BCUT2D eigenvalue weighted by Crippen LogP contribution is -2.29. The maximum Gasteiger partial charge on any atom is 0.241 e. The third-order valence-corrected chi connectivity index (χ3v) is 3.05. The van der Waals surface area contributed by atoms with E-state index in [4.69, 9.17) is 4.74 Å². The van der Waals surface area contributed by atoms with Gasteiger partial charge in [-0.1, -0.05) is 0 Å². The largest absolute Gasteiger partial charge is 0.385 e. The summed E-state index contributed by atoms with van der Waals surface area (Å²) < 4.78 is 6.69. The molecule has 0 aromatic carbocycles. The first-order valence-electron chi connectivity index (χ1n) is 6.74. The lowest BCUT2D eigenvalue weighted by molar-refractivity contribution is -0.122. The van der Waals surface area contributed by atoms with Crippen LogP contribution in [0.3, 0.4) is 0 Å². The van der Waals surface area contributed by atoms with E-state index in [0.29, 0.717) is 12.1 Å². The highest BCUT2D eigenvalue weighted by atomic mass is 16.5. The van der Waals surface area contributed by atoms with Gasteiger partial charge in [0.2, 0.25) is 5.91 Å². The van der Waals surface area contributed by atoms with Gasteiger partial charge in [0, 0.05) is 32.0 Å². The standard InChI is InChI=1S/C13H22N4O2/c1-10(5-6-19-2)15-12-7-14-17(8-12)9-13(18)16-11-3-4-11/h7-8,10-11,15H,3-6,9H2,1-2H3,(H,16,18). The van der Waals surface area contributed by atoms with Crippen molar-refractivity contribution in [2.75, 3.05) is 19.0 Å². The summed E-state index contributed by atoms with van der Waals surface area (Å²) in [7, 11) is 1.70. The molecule has 6 heteroatoms. The molecule has 106 valence electrons. The SMILES string of the molecule is COCCC(C)Nc1cnn(CC(=O)NC2CC2)c1. The first-order chi connectivity index (χ1) is 9.17. The molecule has 1 atom stereocenters. The summed E-state index contributed by atoms with van der Waals surface area (Å²) in [5.41, 5.74) is 0.933. The molecule has 1 amide bonds. The van der Waals surface area contributed by atoms with Crippen LogP contribution in [0.4, 0.5) is 5.69 Å². The maximum absolute atomic E-state index is 11.6. The number of hydrogen-bond donors (Lipinski definition) is 2. The molecule has 0 saturated heterocycles. The molecule has 0 radical (unpaired) electrons. The van der Waals surface area contributed by atoms with Gasteiger partial charge in [-0.05, 0) is 26.2 Å². The second-order valence-electron chi connectivity index (χ2n) is 5.10. The molecule has 1 unspecified atom stereocenters. The van der Waals surface area contributed by atoms with Gasteiger partial charge in [0.15, 0.2) is 0 Å². The van der Waals surface area contributed by atoms with E-state index in [-0.39, 0.29) is 12.5 Å². The lowest BCUT2D eigenvalue weighted by Gasteiger charge is -2.12. The molecular weight excluding hydrogens is 244 g/mol. The average Bonchev–Trinajstić information content (AvgIpc) is 3.07. The Balaban J connectivity index is 1.75. The Kier molecular flexibility index (Phi) is 4.79. The molecule has 0 bridgehead atoms. The van der Waals surface area contributed by atoms with Crippen LogP contribution in [0.2, 0.25) is 0 Å². The molecule has 1 aromatic rings. The number of carbonyl (C=O) groups is 1. The number of rotatable bonds is 8. The minimum Gasteiger partial charge on any atom is -0.385 e. The van der Waals surface area contributed by atoms with Gasteiger partial charge < -0.3 is 15.4 Å². The molecular formula is C13H22N4O2. The molecule has 1 heterocycles. The number of aromatic nitrogens is 2. The van der Waals surface area contributed by atoms with Gasteiger partial charge in [0.25, 0.3) is 0 Å². The summed E-state index contributed by atoms with van der Waals surface area (Å²) in [4.78, 5) is 11.6. The van der Waals surface area contributed by atoms with Crippen LogP contribution in [0, 0.1) is 0 Å². The molecule has 1 aromatic heterocycles. The van der Waals surface area contributed by atoms with Gasteiger partial charge in [0.05, 0.1) is 11.9 Å².